The molecule has 0 bridgehead atoms. The lowest BCUT2D eigenvalue weighted by Crippen LogP contribution is -2.42. The van der Waals surface area contributed by atoms with Crippen LogP contribution in [0.15, 0.2) is 16.6 Å². The van der Waals surface area contributed by atoms with E-state index in [9.17, 15) is 4.79 Å². The van der Waals surface area contributed by atoms with Gasteiger partial charge < -0.3 is 9.64 Å². The standard InChI is InChI=1S/C16H22BrNO2/c1-4-5-13(20-3)10-18-7-6-12-8-11(2)15(17)9-14(12)16(18)19/h8-9,13H,4-7,10H2,1-3H3. The molecule has 0 aromatic heterocycles. The van der Waals surface area contributed by atoms with Gasteiger partial charge in [-0.3, -0.25) is 4.79 Å². The van der Waals surface area contributed by atoms with Gasteiger partial charge in [0.2, 0.25) is 0 Å². The Morgan fingerprint density at radius 2 is 2.20 bits per heavy atom. The number of rotatable bonds is 5. The zero-order valence-corrected chi connectivity index (χ0v) is 14.0. The molecule has 1 aromatic rings. The van der Waals surface area contributed by atoms with Crippen molar-refractivity contribution in [3.8, 4) is 0 Å². The SMILES string of the molecule is CCCC(CN1CCc2cc(C)c(Br)cc2C1=O)OC. The van der Waals surface area contributed by atoms with Crippen LogP contribution in [0.2, 0.25) is 0 Å². The van der Waals surface area contributed by atoms with Crippen molar-refractivity contribution in [2.75, 3.05) is 20.2 Å². The second-order valence-corrected chi connectivity index (χ2v) is 6.26. The highest BCUT2D eigenvalue weighted by atomic mass is 79.9. The summed E-state index contributed by atoms with van der Waals surface area (Å²) < 4.78 is 6.47. The largest absolute Gasteiger partial charge is 0.380 e. The van der Waals surface area contributed by atoms with E-state index in [0.717, 1.165) is 41.4 Å². The van der Waals surface area contributed by atoms with Crippen molar-refractivity contribution in [1.29, 1.82) is 0 Å². The highest BCUT2D eigenvalue weighted by molar-refractivity contribution is 9.10. The van der Waals surface area contributed by atoms with E-state index in [0.29, 0.717) is 6.54 Å². The number of nitrogens with zero attached hydrogens (tertiary/aromatic N) is 1. The summed E-state index contributed by atoms with van der Waals surface area (Å²) in [5, 5.41) is 0. The Morgan fingerprint density at radius 1 is 1.45 bits per heavy atom. The Balaban J connectivity index is 2.17. The number of aryl methyl sites for hydroxylation is 1. The predicted octanol–water partition coefficient (Wildman–Crippen LogP) is 3.57. The van der Waals surface area contributed by atoms with Gasteiger partial charge in [0.15, 0.2) is 0 Å². The summed E-state index contributed by atoms with van der Waals surface area (Å²) in [6.07, 6.45) is 3.13. The summed E-state index contributed by atoms with van der Waals surface area (Å²) in [4.78, 5) is 14.5. The number of hydrogen-bond donors (Lipinski definition) is 0. The topological polar surface area (TPSA) is 29.5 Å². The number of methoxy groups -OCH3 is 1. The molecule has 1 aromatic carbocycles. The van der Waals surface area contributed by atoms with Crippen LogP contribution in [-0.4, -0.2) is 37.1 Å². The maximum Gasteiger partial charge on any atom is 0.254 e. The minimum absolute atomic E-state index is 0.130. The van der Waals surface area contributed by atoms with Crippen LogP contribution in [-0.2, 0) is 11.2 Å². The molecule has 0 N–H and O–H groups in total. The minimum Gasteiger partial charge on any atom is -0.380 e. The van der Waals surface area contributed by atoms with Gasteiger partial charge >= 0.3 is 0 Å². The van der Waals surface area contributed by atoms with Crippen molar-refractivity contribution in [2.24, 2.45) is 0 Å². The zero-order valence-electron chi connectivity index (χ0n) is 12.4. The fraction of sp³-hybridized carbons (Fsp3) is 0.562. The van der Waals surface area contributed by atoms with Crippen LogP contribution < -0.4 is 0 Å². The summed E-state index contributed by atoms with van der Waals surface area (Å²) >= 11 is 3.52. The first-order valence-electron chi connectivity index (χ1n) is 7.17. The molecule has 0 radical (unpaired) electrons. The van der Waals surface area contributed by atoms with E-state index in [-0.39, 0.29) is 12.0 Å². The smallest absolute Gasteiger partial charge is 0.254 e. The summed E-state index contributed by atoms with van der Waals surface area (Å²) in [5.74, 6) is 0.130. The number of hydrogen-bond acceptors (Lipinski definition) is 2. The van der Waals surface area contributed by atoms with Crippen LogP contribution in [0.5, 0.6) is 0 Å². The fourth-order valence-corrected chi connectivity index (χ4v) is 3.04. The van der Waals surface area contributed by atoms with E-state index in [1.165, 1.54) is 5.56 Å². The average Bonchev–Trinajstić information content (AvgIpc) is 2.43. The monoisotopic (exact) mass is 339 g/mol. The Bertz CT molecular complexity index is 501. The molecule has 0 fully saturated rings. The maximum absolute atomic E-state index is 12.6. The molecule has 3 nitrogen and oxygen atoms in total. The maximum atomic E-state index is 12.6. The number of amides is 1. The molecule has 0 saturated heterocycles. The Hall–Kier alpha value is -0.870. The van der Waals surface area contributed by atoms with Crippen molar-refractivity contribution in [1.82, 2.24) is 4.90 Å². The van der Waals surface area contributed by atoms with Gasteiger partial charge in [0.05, 0.1) is 6.10 Å². The number of carbonyl (C=O) groups is 1. The molecule has 1 unspecified atom stereocenters. The Kier molecular flexibility index (Phi) is 5.22. The van der Waals surface area contributed by atoms with Crippen molar-refractivity contribution in [3.05, 3.63) is 33.3 Å². The number of ether oxygens (including phenoxy) is 1. The second-order valence-electron chi connectivity index (χ2n) is 5.41. The number of carbonyl (C=O) groups excluding carboxylic acids is 1. The van der Waals surface area contributed by atoms with Gasteiger partial charge in [-0.2, -0.15) is 0 Å². The summed E-state index contributed by atoms with van der Waals surface area (Å²) in [7, 11) is 1.72. The molecule has 1 aliphatic rings. The third-order valence-electron chi connectivity index (χ3n) is 3.92. The van der Waals surface area contributed by atoms with Crippen molar-refractivity contribution < 1.29 is 9.53 Å². The molecule has 0 saturated carbocycles. The van der Waals surface area contributed by atoms with E-state index in [2.05, 4.69) is 35.8 Å². The Morgan fingerprint density at radius 3 is 2.85 bits per heavy atom. The van der Waals surface area contributed by atoms with Crippen molar-refractivity contribution >= 4 is 21.8 Å². The van der Waals surface area contributed by atoms with Crippen LogP contribution in [0.1, 0.15) is 41.3 Å². The fourth-order valence-electron chi connectivity index (χ4n) is 2.70. The molecule has 0 spiro atoms. The van der Waals surface area contributed by atoms with Gasteiger partial charge in [0, 0.05) is 30.2 Å². The van der Waals surface area contributed by atoms with Gasteiger partial charge in [-0.1, -0.05) is 35.3 Å². The van der Waals surface area contributed by atoms with E-state index < -0.39 is 0 Å². The van der Waals surface area contributed by atoms with Gasteiger partial charge in [0.25, 0.3) is 5.91 Å². The molecule has 2 rings (SSSR count). The number of benzene rings is 1. The lowest BCUT2D eigenvalue weighted by atomic mass is 9.96. The summed E-state index contributed by atoms with van der Waals surface area (Å²) in [6, 6.07) is 4.08. The highest BCUT2D eigenvalue weighted by Crippen LogP contribution is 2.26. The highest BCUT2D eigenvalue weighted by Gasteiger charge is 2.26. The Labute approximate surface area is 129 Å². The third kappa shape index (κ3) is 3.23. The lowest BCUT2D eigenvalue weighted by Gasteiger charge is -2.31. The molecule has 0 aliphatic carbocycles. The van der Waals surface area contributed by atoms with Crippen molar-refractivity contribution in [3.63, 3.8) is 0 Å². The molecule has 1 amide bonds. The normalized spacial score (nSPS) is 16.2. The summed E-state index contributed by atoms with van der Waals surface area (Å²) in [5.41, 5.74) is 3.18. The minimum atomic E-state index is 0.130. The lowest BCUT2D eigenvalue weighted by molar-refractivity contribution is 0.0432. The molecule has 4 heteroatoms. The number of fused-ring (bicyclic) bond motifs is 1. The van der Waals surface area contributed by atoms with E-state index >= 15 is 0 Å². The average molecular weight is 340 g/mol. The van der Waals surface area contributed by atoms with Gasteiger partial charge in [-0.05, 0) is 37.0 Å². The molecular weight excluding hydrogens is 318 g/mol. The van der Waals surface area contributed by atoms with E-state index in [1.54, 1.807) is 7.11 Å². The molecule has 1 aliphatic heterocycles. The van der Waals surface area contributed by atoms with Crippen LogP contribution in [0.3, 0.4) is 0 Å². The van der Waals surface area contributed by atoms with Gasteiger partial charge in [-0.15, -0.1) is 0 Å². The number of halogens is 1. The first-order valence-corrected chi connectivity index (χ1v) is 7.97. The summed E-state index contributed by atoms with van der Waals surface area (Å²) in [6.45, 7) is 5.67. The van der Waals surface area contributed by atoms with E-state index in [1.807, 2.05) is 11.0 Å². The quantitative estimate of drug-likeness (QED) is 0.820. The first-order chi connectivity index (χ1) is 9.56. The zero-order chi connectivity index (χ0) is 14.7. The molecule has 20 heavy (non-hydrogen) atoms. The predicted molar refractivity (Wildman–Crippen MR) is 84.2 cm³/mol. The first kappa shape index (κ1) is 15.5. The molecule has 1 atom stereocenters. The van der Waals surface area contributed by atoms with Crippen LogP contribution in [0.25, 0.3) is 0 Å². The molecular formula is C16H22BrNO2. The van der Waals surface area contributed by atoms with Gasteiger partial charge in [0.1, 0.15) is 0 Å². The van der Waals surface area contributed by atoms with Crippen LogP contribution >= 0.6 is 15.9 Å². The second kappa shape index (κ2) is 6.72. The molecule has 110 valence electrons. The van der Waals surface area contributed by atoms with Crippen LogP contribution in [0.4, 0.5) is 0 Å². The molecule has 1 heterocycles. The van der Waals surface area contributed by atoms with Crippen molar-refractivity contribution in [2.45, 2.75) is 39.2 Å². The van der Waals surface area contributed by atoms with Crippen LogP contribution in [0, 0.1) is 6.92 Å². The van der Waals surface area contributed by atoms with E-state index in [4.69, 9.17) is 4.74 Å². The van der Waals surface area contributed by atoms with Gasteiger partial charge in [-0.25, -0.2) is 0 Å². The third-order valence-corrected chi connectivity index (χ3v) is 4.78.